The fourth-order valence-corrected chi connectivity index (χ4v) is 2.87. The van der Waals surface area contributed by atoms with E-state index in [9.17, 15) is 14.0 Å². The molecule has 0 unspecified atom stereocenters. The first-order valence-electron chi connectivity index (χ1n) is 8.37. The third-order valence-corrected chi connectivity index (χ3v) is 4.32. The third kappa shape index (κ3) is 3.29. The van der Waals surface area contributed by atoms with Gasteiger partial charge in [-0.3, -0.25) is 19.5 Å². The average molecular weight is 382 g/mol. The van der Waals surface area contributed by atoms with E-state index in [-0.39, 0.29) is 41.4 Å². The Morgan fingerprint density at radius 2 is 2.04 bits per heavy atom. The molecule has 142 valence electrons. The number of hydrogen-bond acceptors (Lipinski definition) is 6. The quantitative estimate of drug-likeness (QED) is 0.725. The molecular formula is C19H15FN4O4. The van der Waals surface area contributed by atoms with Gasteiger partial charge in [0.15, 0.2) is 5.82 Å². The molecule has 1 aromatic carbocycles. The van der Waals surface area contributed by atoms with Crippen LogP contribution in [0, 0.1) is 5.82 Å². The van der Waals surface area contributed by atoms with Crippen LogP contribution in [0.5, 0.6) is 11.5 Å². The SMILES string of the molecule is COc1ccc(COc2cc(F)c3c(c2)C(=O)N(c2ccc(=O)[nH]n2)C3)nc1. The lowest BCUT2D eigenvalue weighted by atomic mass is 10.1. The maximum atomic E-state index is 14.5. The number of fused-ring (bicyclic) bond motifs is 1. The molecule has 1 aliphatic heterocycles. The van der Waals surface area contributed by atoms with Crippen LogP contribution in [0.2, 0.25) is 0 Å². The summed E-state index contributed by atoms with van der Waals surface area (Å²) in [5.74, 6) is 0.120. The molecule has 28 heavy (non-hydrogen) atoms. The van der Waals surface area contributed by atoms with Crippen molar-refractivity contribution in [1.29, 1.82) is 0 Å². The molecule has 1 amide bonds. The Balaban J connectivity index is 1.54. The second-order valence-electron chi connectivity index (χ2n) is 6.08. The number of anilines is 1. The van der Waals surface area contributed by atoms with Crippen LogP contribution >= 0.6 is 0 Å². The topological polar surface area (TPSA) is 97.4 Å². The van der Waals surface area contributed by atoms with Gasteiger partial charge >= 0.3 is 0 Å². The van der Waals surface area contributed by atoms with Gasteiger partial charge in [0.05, 0.1) is 31.1 Å². The van der Waals surface area contributed by atoms with Gasteiger partial charge in [-0.2, -0.15) is 5.10 Å². The first-order valence-corrected chi connectivity index (χ1v) is 8.37. The zero-order valence-electron chi connectivity index (χ0n) is 14.8. The van der Waals surface area contributed by atoms with Crippen molar-refractivity contribution < 1.29 is 18.7 Å². The summed E-state index contributed by atoms with van der Waals surface area (Å²) in [6, 6.07) is 8.87. The fourth-order valence-electron chi connectivity index (χ4n) is 2.87. The number of pyridine rings is 1. The number of ether oxygens (including phenoxy) is 2. The van der Waals surface area contributed by atoms with Crippen molar-refractivity contribution in [1.82, 2.24) is 15.2 Å². The fraction of sp³-hybridized carbons (Fsp3) is 0.158. The summed E-state index contributed by atoms with van der Waals surface area (Å²) in [6.45, 7) is 0.140. The third-order valence-electron chi connectivity index (χ3n) is 4.32. The van der Waals surface area contributed by atoms with E-state index in [1.54, 1.807) is 25.4 Å². The minimum Gasteiger partial charge on any atom is -0.495 e. The summed E-state index contributed by atoms with van der Waals surface area (Å²) < 4.78 is 25.2. The van der Waals surface area contributed by atoms with Gasteiger partial charge in [-0.15, -0.1) is 0 Å². The van der Waals surface area contributed by atoms with Gasteiger partial charge in [-0.1, -0.05) is 0 Å². The van der Waals surface area contributed by atoms with Crippen LogP contribution in [0.1, 0.15) is 21.6 Å². The van der Waals surface area contributed by atoms with Gasteiger partial charge in [0.1, 0.15) is 23.9 Å². The zero-order chi connectivity index (χ0) is 19.7. The maximum absolute atomic E-state index is 14.5. The van der Waals surface area contributed by atoms with E-state index in [0.717, 1.165) is 0 Å². The number of H-pyrrole nitrogens is 1. The van der Waals surface area contributed by atoms with Crippen LogP contribution in [0.15, 0.2) is 47.4 Å². The summed E-state index contributed by atoms with van der Waals surface area (Å²) in [7, 11) is 1.55. The van der Waals surface area contributed by atoms with Gasteiger partial charge in [-0.25, -0.2) is 9.49 Å². The summed E-state index contributed by atoms with van der Waals surface area (Å²) in [4.78, 5) is 29.3. The van der Waals surface area contributed by atoms with Crippen LogP contribution in [0.3, 0.4) is 0 Å². The molecule has 0 bridgehead atoms. The first-order chi connectivity index (χ1) is 13.5. The summed E-state index contributed by atoms with van der Waals surface area (Å²) >= 11 is 0. The van der Waals surface area contributed by atoms with E-state index >= 15 is 0 Å². The van der Waals surface area contributed by atoms with Crippen molar-refractivity contribution in [2.75, 3.05) is 12.0 Å². The number of carbonyl (C=O) groups excluding carboxylic acids is 1. The minimum absolute atomic E-state index is 0.0271. The van der Waals surface area contributed by atoms with Gasteiger partial charge < -0.3 is 9.47 Å². The number of nitrogens with zero attached hydrogens (tertiary/aromatic N) is 3. The highest BCUT2D eigenvalue weighted by Gasteiger charge is 2.32. The Kier molecular flexibility index (Phi) is 4.48. The van der Waals surface area contributed by atoms with Gasteiger partial charge in [0, 0.05) is 17.7 Å². The lowest BCUT2D eigenvalue weighted by Gasteiger charge is -2.12. The van der Waals surface area contributed by atoms with Crippen molar-refractivity contribution in [3.8, 4) is 11.5 Å². The molecule has 1 aliphatic rings. The number of carbonyl (C=O) groups is 1. The molecule has 8 nitrogen and oxygen atoms in total. The smallest absolute Gasteiger partial charge is 0.264 e. The number of nitrogens with one attached hydrogen (secondary N) is 1. The molecule has 2 aromatic heterocycles. The van der Waals surface area contributed by atoms with Crippen molar-refractivity contribution >= 4 is 11.7 Å². The molecule has 0 saturated heterocycles. The van der Waals surface area contributed by atoms with Crippen LogP contribution in [0.25, 0.3) is 0 Å². The lowest BCUT2D eigenvalue weighted by molar-refractivity contribution is 0.0995. The van der Waals surface area contributed by atoms with Crippen LogP contribution in [-0.2, 0) is 13.2 Å². The molecule has 0 saturated carbocycles. The van der Waals surface area contributed by atoms with E-state index in [1.165, 1.54) is 29.2 Å². The maximum Gasteiger partial charge on any atom is 0.264 e. The van der Waals surface area contributed by atoms with E-state index in [2.05, 4.69) is 15.2 Å². The molecule has 0 atom stereocenters. The predicted molar refractivity (Wildman–Crippen MR) is 96.9 cm³/mol. The average Bonchev–Trinajstić information content (AvgIpc) is 3.05. The number of methoxy groups -OCH3 is 1. The number of aromatic nitrogens is 3. The Morgan fingerprint density at radius 3 is 2.71 bits per heavy atom. The van der Waals surface area contributed by atoms with Gasteiger partial charge in [0.25, 0.3) is 11.5 Å². The Bertz CT molecular complexity index is 1080. The van der Waals surface area contributed by atoms with Crippen molar-refractivity contribution in [3.63, 3.8) is 0 Å². The number of aromatic amines is 1. The summed E-state index contributed by atoms with van der Waals surface area (Å²) in [5.41, 5.74) is 0.702. The molecule has 0 aliphatic carbocycles. The number of rotatable bonds is 5. The molecule has 3 heterocycles. The molecular weight excluding hydrogens is 367 g/mol. The molecule has 3 aromatic rings. The minimum atomic E-state index is -0.546. The Labute approximate surface area is 158 Å². The predicted octanol–water partition coefficient (Wildman–Crippen LogP) is 2.05. The standard InChI is InChI=1S/C19H15FN4O4/c1-27-12-3-2-11(21-8-12)10-28-13-6-14-15(16(20)7-13)9-24(19(14)26)17-4-5-18(25)23-22-17/h2-8H,9-10H2,1H3,(H,23,25). The highest BCUT2D eigenvalue weighted by Crippen LogP contribution is 2.32. The van der Waals surface area contributed by atoms with Crippen molar-refractivity contribution in [2.45, 2.75) is 13.2 Å². The Morgan fingerprint density at radius 1 is 1.18 bits per heavy atom. The van der Waals surface area contributed by atoms with Crippen LogP contribution in [0.4, 0.5) is 10.2 Å². The largest absolute Gasteiger partial charge is 0.495 e. The van der Waals surface area contributed by atoms with Crippen LogP contribution < -0.4 is 19.9 Å². The van der Waals surface area contributed by atoms with Gasteiger partial charge in [-0.05, 0) is 24.3 Å². The Hall–Kier alpha value is -3.75. The normalized spacial score (nSPS) is 12.8. The van der Waals surface area contributed by atoms with E-state index in [4.69, 9.17) is 9.47 Å². The molecule has 9 heteroatoms. The molecule has 4 rings (SSSR count). The number of benzene rings is 1. The monoisotopic (exact) mass is 382 g/mol. The molecule has 0 radical (unpaired) electrons. The number of hydrogen-bond donors (Lipinski definition) is 1. The van der Waals surface area contributed by atoms with E-state index < -0.39 is 11.7 Å². The van der Waals surface area contributed by atoms with E-state index in [1.807, 2.05) is 0 Å². The zero-order valence-corrected chi connectivity index (χ0v) is 14.8. The molecule has 1 N–H and O–H groups in total. The summed E-state index contributed by atoms with van der Waals surface area (Å²) in [5, 5.41) is 6.09. The molecule has 0 spiro atoms. The lowest BCUT2D eigenvalue weighted by Crippen LogP contribution is -2.25. The highest BCUT2D eigenvalue weighted by molar-refractivity contribution is 6.09. The van der Waals surface area contributed by atoms with Crippen molar-refractivity contribution in [2.24, 2.45) is 0 Å². The van der Waals surface area contributed by atoms with Crippen molar-refractivity contribution in [3.05, 3.63) is 75.6 Å². The second kappa shape index (κ2) is 7.10. The highest BCUT2D eigenvalue weighted by atomic mass is 19.1. The summed E-state index contributed by atoms with van der Waals surface area (Å²) in [6.07, 6.45) is 1.56. The molecule has 0 fully saturated rings. The van der Waals surface area contributed by atoms with Gasteiger partial charge in [0.2, 0.25) is 0 Å². The number of amides is 1. The second-order valence-corrected chi connectivity index (χ2v) is 6.08. The van der Waals surface area contributed by atoms with E-state index in [0.29, 0.717) is 11.4 Å². The first kappa shape index (κ1) is 17.7. The number of halogens is 1. The van der Waals surface area contributed by atoms with Crippen LogP contribution in [-0.4, -0.2) is 28.2 Å².